The Morgan fingerprint density at radius 1 is 1.09 bits per heavy atom. The Morgan fingerprint density at radius 3 is 2.72 bits per heavy atom. The Bertz CT molecular complexity index is 1000. The highest BCUT2D eigenvalue weighted by molar-refractivity contribution is 6.43. The maximum atomic E-state index is 12.5. The number of carbonyl (C=O) groups is 1. The maximum absolute atomic E-state index is 12.5. The number of piperazine rings is 1. The summed E-state index contributed by atoms with van der Waals surface area (Å²) >= 11 is 12.5. The second-order valence-electron chi connectivity index (χ2n) is 8.36. The highest BCUT2D eigenvalue weighted by Gasteiger charge is 2.20. The van der Waals surface area contributed by atoms with E-state index in [1.165, 1.54) is 0 Å². The van der Waals surface area contributed by atoms with Gasteiger partial charge in [-0.3, -0.25) is 9.69 Å². The van der Waals surface area contributed by atoms with E-state index in [1.54, 1.807) is 0 Å². The van der Waals surface area contributed by atoms with Crippen LogP contribution in [0.5, 0.6) is 5.75 Å². The first kappa shape index (κ1) is 23.0. The van der Waals surface area contributed by atoms with E-state index in [-0.39, 0.29) is 5.91 Å². The van der Waals surface area contributed by atoms with E-state index in [4.69, 9.17) is 27.9 Å². The van der Waals surface area contributed by atoms with E-state index in [9.17, 15) is 4.79 Å². The molecule has 0 aliphatic carbocycles. The number of nitrogens with zero attached hydrogens (tertiary/aromatic N) is 2. The van der Waals surface area contributed by atoms with Crippen LogP contribution < -0.4 is 15.0 Å². The Kier molecular flexibility index (Phi) is 7.61. The minimum Gasteiger partial charge on any atom is -0.488 e. The second kappa shape index (κ2) is 10.6. The molecule has 2 heterocycles. The number of rotatable bonds is 7. The van der Waals surface area contributed by atoms with Gasteiger partial charge in [0.15, 0.2) is 0 Å². The largest absolute Gasteiger partial charge is 0.488 e. The smallest absolute Gasteiger partial charge is 0.250 e. The van der Waals surface area contributed by atoms with E-state index in [0.29, 0.717) is 28.8 Å². The molecule has 2 aromatic carbocycles. The van der Waals surface area contributed by atoms with Crippen LogP contribution in [0.25, 0.3) is 6.08 Å². The van der Waals surface area contributed by atoms with Crippen LogP contribution in [0.3, 0.4) is 0 Å². The van der Waals surface area contributed by atoms with Gasteiger partial charge in [0.05, 0.1) is 21.3 Å². The number of nitrogens with one attached hydrogen (secondary N) is 1. The molecule has 1 saturated heterocycles. The molecule has 2 aliphatic rings. The van der Waals surface area contributed by atoms with Gasteiger partial charge in [0.25, 0.3) is 5.91 Å². The van der Waals surface area contributed by atoms with Crippen LogP contribution in [-0.2, 0) is 4.79 Å². The van der Waals surface area contributed by atoms with Crippen LogP contribution in [0.15, 0.2) is 42.0 Å². The molecule has 2 aliphatic heterocycles. The number of hydrogen-bond donors (Lipinski definition) is 1. The van der Waals surface area contributed by atoms with Crippen molar-refractivity contribution in [3.63, 3.8) is 0 Å². The van der Waals surface area contributed by atoms with Crippen LogP contribution in [0.1, 0.15) is 24.0 Å². The minimum atomic E-state index is -0.0378. The molecule has 0 unspecified atom stereocenters. The lowest BCUT2D eigenvalue weighted by Gasteiger charge is -2.36. The minimum absolute atomic E-state index is 0.0378. The van der Waals surface area contributed by atoms with Crippen molar-refractivity contribution in [1.29, 1.82) is 0 Å². The van der Waals surface area contributed by atoms with Crippen molar-refractivity contribution in [3.05, 3.63) is 63.1 Å². The van der Waals surface area contributed by atoms with Crippen molar-refractivity contribution in [2.24, 2.45) is 0 Å². The number of hydrogen-bond acceptors (Lipinski definition) is 4. The first-order chi connectivity index (χ1) is 15.5. The third-order valence-corrected chi connectivity index (χ3v) is 6.81. The number of benzene rings is 2. The lowest BCUT2D eigenvalue weighted by molar-refractivity contribution is -0.117. The SMILES string of the molecule is Cc1ccc2c(c1)C=C(C(=O)NCCCCN1CCN(c3cccc(Cl)c3Cl)CC1)CO2. The van der Waals surface area contributed by atoms with Crippen LogP contribution in [0, 0.1) is 6.92 Å². The summed E-state index contributed by atoms with van der Waals surface area (Å²) in [5.74, 6) is 0.800. The summed E-state index contributed by atoms with van der Waals surface area (Å²) in [6, 6.07) is 11.8. The summed E-state index contributed by atoms with van der Waals surface area (Å²) in [7, 11) is 0. The van der Waals surface area contributed by atoms with Crippen LogP contribution >= 0.6 is 23.2 Å². The fourth-order valence-corrected chi connectivity index (χ4v) is 4.57. The summed E-state index contributed by atoms with van der Waals surface area (Å²) in [5, 5.41) is 4.27. The van der Waals surface area contributed by atoms with E-state index >= 15 is 0 Å². The molecule has 1 N–H and O–H groups in total. The van der Waals surface area contributed by atoms with Gasteiger partial charge < -0.3 is 15.0 Å². The van der Waals surface area contributed by atoms with Gasteiger partial charge in [-0.05, 0) is 56.7 Å². The van der Waals surface area contributed by atoms with Crippen molar-refractivity contribution in [3.8, 4) is 5.75 Å². The van der Waals surface area contributed by atoms with E-state index in [2.05, 4.69) is 15.1 Å². The average molecular weight is 474 g/mol. The van der Waals surface area contributed by atoms with Crippen molar-refractivity contribution in [2.45, 2.75) is 19.8 Å². The molecular formula is C25H29Cl2N3O2. The van der Waals surface area contributed by atoms with Crippen LogP contribution in [0.2, 0.25) is 10.0 Å². The van der Waals surface area contributed by atoms with Crippen LogP contribution in [-0.4, -0.2) is 56.7 Å². The number of halogens is 2. The maximum Gasteiger partial charge on any atom is 0.250 e. The number of unbranched alkanes of at least 4 members (excludes halogenated alkanes) is 1. The van der Waals surface area contributed by atoms with Gasteiger partial charge >= 0.3 is 0 Å². The average Bonchev–Trinajstić information content (AvgIpc) is 2.80. The first-order valence-electron chi connectivity index (χ1n) is 11.1. The van der Waals surface area contributed by atoms with E-state index < -0.39 is 0 Å². The fraction of sp³-hybridized carbons (Fsp3) is 0.400. The van der Waals surface area contributed by atoms with Gasteiger partial charge in [0.1, 0.15) is 12.4 Å². The quantitative estimate of drug-likeness (QED) is 0.586. The van der Waals surface area contributed by atoms with Crippen molar-refractivity contribution in [2.75, 3.05) is 50.8 Å². The molecule has 0 spiro atoms. The predicted octanol–water partition coefficient (Wildman–Crippen LogP) is 4.80. The van der Waals surface area contributed by atoms with E-state index in [0.717, 1.165) is 68.1 Å². The summed E-state index contributed by atoms with van der Waals surface area (Å²) < 4.78 is 5.72. The van der Waals surface area contributed by atoms with E-state index in [1.807, 2.05) is 49.4 Å². The van der Waals surface area contributed by atoms with Gasteiger partial charge in [-0.2, -0.15) is 0 Å². The molecule has 0 saturated carbocycles. The Labute approximate surface area is 199 Å². The molecule has 7 heteroatoms. The zero-order valence-corrected chi connectivity index (χ0v) is 19.9. The molecule has 32 heavy (non-hydrogen) atoms. The highest BCUT2D eigenvalue weighted by atomic mass is 35.5. The van der Waals surface area contributed by atoms with Crippen molar-refractivity contribution < 1.29 is 9.53 Å². The van der Waals surface area contributed by atoms with Gasteiger partial charge in [0, 0.05) is 38.3 Å². The molecule has 4 rings (SSSR count). The molecule has 0 radical (unpaired) electrons. The summed E-state index contributed by atoms with van der Waals surface area (Å²) in [5.41, 5.74) is 3.82. The van der Waals surface area contributed by atoms with Gasteiger partial charge in [-0.1, -0.05) is 40.9 Å². The summed E-state index contributed by atoms with van der Waals surface area (Å²) in [6.07, 6.45) is 3.94. The number of ether oxygens (including phenoxy) is 1. The second-order valence-corrected chi connectivity index (χ2v) is 9.15. The fourth-order valence-electron chi connectivity index (χ4n) is 4.15. The van der Waals surface area contributed by atoms with Crippen LogP contribution in [0.4, 0.5) is 5.69 Å². The number of anilines is 1. The number of fused-ring (bicyclic) bond motifs is 1. The number of aryl methyl sites for hydroxylation is 1. The first-order valence-corrected chi connectivity index (χ1v) is 11.9. The Hall–Kier alpha value is -2.21. The summed E-state index contributed by atoms with van der Waals surface area (Å²) in [4.78, 5) is 17.2. The van der Waals surface area contributed by atoms with Gasteiger partial charge in [0.2, 0.25) is 0 Å². The predicted molar refractivity (Wildman–Crippen MR) is 132 cm³/mol. The summed E-state index contributed by atoms with van der Waals surface area (Å²) in [6.45, 7) is 7.94. The lowest BCUT2D eigenvalue weighted by Crippen LogP contribution is -2.46. The molecule has 0 aromatic heterocycles. The topological polar surface area (TPSA) is 44.8 Å². The molecule has 170 valence electrons. The molecule has 0 atom stereocenters. The molecule has 1 amide bonds. The van der Waals surface area contributed by atoms with Gasteiger partial charge in [-0.25, -0.2) is 0 Å². The number of amides is 1. The molecule has 1 fully saturated rings. The Morgan fingerprint density at radius 2 is 1.91 bits per heavy atom. The van der Waals surface area contributed by atoms with Gasteiger partial charge in [-0.15, -0.1) is 0 Å². The zero-order chi connectivity index (χ0) is 22.5. The third-order valence-electron chi connectivity index (χ3n) is 6.00. The molecule has 5 nitrogen and oxygen atoms in total. The standard InChI is InChI=1S/C25H29Cl2N3O2/c1-18-7-8-23-19(15-18)16-20(17-32-23)25(31)28-9-2-3-10-29-11-13-30(14-12-29)22-6-4-5-21(26)24(22)27/h4-8,15-16H,2-3,9-14,17H2,1H3,(H,28,31). The monoisotopic (exact) mass is 473 g/mol. The molecule has 0 bridgehead atoms. The Balaban J connectivity index is 1.15. The molecular weight excluding hydrogens is 445 g/mol. The normalized spacial score (nSPS) is 16.2. The van der Waals surface area contributed by atoms with Crippen molar-refractivity contribution >= 4 is 40.9 Å². The zero-order valence-electron chi connectivity index (χ0n) is 18.4. The molecule has 2 aromatic rings. The lowest BCUT2D eigenvalue weighted by atomic mass is 10.0. The highest BCUT2D eigenvalue weighted by Crippen LogP contribution is 2.33. The number of carbonyl (C=O) groups excluding carboxylic acids is 1. The third kappa shape index (κ3) is 5.58. The van der Waals surface area contributed by atoms with Crippen molar-refractivity contribution in [1.82, 2.24) is 10.2 Å².